The molecule has 7 heteroatoms. The summed E-state index contributed by atoms with van der Waals surface area (Å²) >= 11 is 1.41. The van der Waals surface area contributed by atoms with Gasteiger partial charge in [0.05, 0.1) is 0 Å². The van der Waals surface area contributed by atoms with Crippen molar-refractivity contribution in [1.82, 2.24) is 9.97 Å². The van der Waals surface area contributed by atoms with Crippen molar-refractivity contribution in [3.8, 4) is 0 Å². The fourth-order valence-electron chi connectivity index (χ4n) is 1.56. The van der Waals surface area contributed by atoms with Crippen molar-refractivity contribution >= 4 is 29.1 Å². The van der Waals surface area contributed by atoms with Crippen LogP contribution in [0.15, 0.2) is 29.4 Å². The molecule has 0 unspecified atom stereocenters. The zero-order valence-corrected chi connectivity index (χ0v) is 11.4. The zero-order valence-electron chi connectivity index (χ0n) is 10.6. The van der Waals surface area contributed by atoms with Gasteiger partial charge in [-0.25, -0.2) is 20.2 Å². The van der Waals surface area contributed by atoms with Crippen molar-refractivity contribution in [1.29, 1.82) is 0 Å². The number of nitrogens with zero attached hydrogens (tertiary/aromatic N) is 2. The van der Waals surface area contributed by atoms with Gasteiger partial charge < -0.3 is 10.7 Å². The van der Waals surface area contributed by atoms with Crippen molar-refractivity contribution in [3.63, 3.8) is 0 Å². The van der Waals surface area contributed by atoms with Crippen molar-refractivity contribution in [3.05, 3.63) is 35.6 Å². The van der Waals surface area contributed by atoms with Gasteiger partial charge in [-0.1, -0.05) is 11.8 Å². The minimum Gasteiger partial charge on any atom is -0.340 e. The summed E-state index contributed by atoms with van der Waals surface area (Å²) in [5, 5.41) is 3.72. The van der Waals surface area contributed by atoms with Crippen LogP contribution >= 0.6 is 11.8 Å². The van der Waals surface area contributed by atoms with Crippen LogP contribution in [0.25, 0.3) is 0 Å². The van der Waals surface area contributed by atoms with Crippen LogP contribution in [0.1, 0.15) is 5.56 Å². The minimum absolute atomic E-state index is 0.264. The maximum atomic E-state index is 13.0. The van der Waals surface area contributed by atoms with Crippen molar-refractivity contribution in [2.24, 2.45) is 5.84 Å². The lowest BCUT2D eigenvalue weighted by atomic mass is 10.2. The van der Waals surface area contributed by atoms with Crippen LogP contribution < -0.4 is 16.6 Å². The molecule has 0 amide bonds. The van der Waals surface area contributed by atoms with E-state index in [2.05, 4.69) is 20.7 Å². The van der Waals surface area contributed by atoms with Crippen LogP contribution in [-0.2, 0) is 0 Å². The van der Waals surface area contributed by atoms with Crippen LogP contribution in [0.2, 0.25) is 0 Å². The highest BCUT2D eigenvalue weighted by atomic mass is 32.2. The Labute approximate surface area is 114 Å². The number of anilines is 3. The lowest BCUT2D eigenvalue weighted by Gasteiger charge is -2.10. The van der Waals surface area contributed by atoms with Crippen LogP contribution in [0.3, 0.4) is 0 Å². The Morgan fingerprint density at radius 3 is 2.58 bits per heavy atom. The maximum absolute atomic E-state index is 13.0. The molecule has 0 aliphatic heterocycles. The quantitative estimate of drug-likeness (QED) is 0.346. The third-order valence-corrected chi connectivity index (χ3v) is 3.03. The third kappa shape index (κ3) is 3.33. The predicted molar refractivity (Wildman–Crippen MR) is 76.0 cm³/mol. The number of aryl methyl sites for hydroxylation is 1. The molecule has 0 saturated heterocycles. The second kappa shape index (κ2) is 5.85. The molecule has 4 N–H and O–H groups in total. The van der Waals surface area contributed by atoms with Gasteiger partial charge in [-0.15, -0.1) is 0 Å². The summed E-state index contributed by atoms with van der Waals surface area (Å²) in [5.41, 5.74) is 4.07. The molecular weight excluding hydrogens is 265 g/mol. The number of rotatable bonds is 4. The highest BCUT2D eigenvalue weighted by Gasteiger charge is 2.05. The number of aromatic nitrogens is 2. The Balaban J connectivity index is 2.31. The molecule has 2 aromatic rings. The molecule has 0 atom stereocenters. The number of benzene rings is 1. The number of halogens is 1. The van der Waals surface area contributed by atoms with Gasteiger partial charge in [0.15, 0.2) is 5.16 Å². The van der Waals surface area contributed by atoms with Crippen molar-refractivity contribution in [2.75, 3.05) is 17.0 Å². The van der Waals surface area contributed by atoms with Crippen LogP contribution in [0, 0.1) is 12.7 Å². The first kappa shape index (κ1) is 13.6. The van der Waals surface area contributed by atoms with E-state index in [1.54, 1.807) is 12.1 Å². The monoisotopic (exact) mass is 279 g/mol. The second-order valence-electron chi connectivity index (χ2n) is 3.85. The maximum Gasteiger partial charge on any atom is 0.191 e. The van der Waals surface area contributed by atoms with E-state index in [9.17, 15) is 4.39 Å². The molecule has 19 heavy (non-hydrogen) atoms. The average molecular weight is 279 g/mol. The van der Waals surface area contributed by atoms with Crippen molar-refractivity contribution in [2.45, 2.75) is 12.1 Å². The SMILES string of the molecule is CSc1nc(NN)cc(Nc2ccc(F)cc2C)n1. The summed E-state index contributed by atoms with van der Waals surface area (Å²) in [4.78, 5) is 8.47. The summed E-state index contributed by atoms with van der Waals surface area (Å²) < 4.78 is 13.0. The van der Waals surface area contributed by atoms with E-state index in [0.29, 0.717) is 16.8 Å². The Morgan fingerprint density at radius 2 is 1.95 bits per heavy atom. The summed E-state index contributed by atoms with van der Waals surface area (Å²) in [6, 6.07) is 6.21. The minimum atomic E-state index is -0.264. The van der Waals surface area contributed by atoms with Gasteiger partial charge >= 0.3 is 0 Å². The van der Waals surface area contributed by atoms with E-state index in [-0.39, 0.29) is 5.82 Å². The summed E-state index contributed by atoms with van der Waals surface area (Å²) in [6.07, 6.45) is 1.88. The van der Waals surface area contributed by atoms with Crippen LogP contribution in [-0.4, -0.2) is 16.2 Å². The van der Waals surface area contributed by atoms with E-state index in [4.69, 9.17) is 5.84 Å². The lowest BCUT2D eigenvalue weighted by Crippen LogP contribution is -2.10. The molecule has 1 heterocycles. The van der Waals surface area contributed by atoms with Gasteiger partial charge in [0.1, 0.15) is 17.5 Å². The number of hydrogen-bond acceptors (Lipinski definition) is 6. The summed E-state index contributed by atoms with van der Waals surface area (Å²) in [5.74, 6) is 6.21. The Bertz CT molecular complexity index is 568. The van der Waals surface area contributed by atoms with Gasteiger partial charge in [0.25, 0.3) is 0 Å². The van der Waals surface area contributed by atoms with Crippen LogP contribution in [0.5, 0.6) is 0 Å². The van der Waals surface area contributed by atoms with E-state index in [1.807, 2.05) is 13.2 Å². The van der Waals surface area contributed by atoms with E-state index < -0.39 is 0 Å². The number of nitrogens with two attached hydrogens (primary N) is 1. The standard InChI is InChI=1S/C12H14FN5S/c1-7-5-8(13)3-4-9(7)15-10-6-11(18-14)17-12(16-10)19-2/h3-6H,14H2,1-2H3,(H2,15,16,17,18). The van der Waals surface area contributed by atoms with E-state index in [1.165, 1.54) is 23.9 Å². The van der Waals surface area contributed by atoms with Gasteiger partial charge in [-0.2, -0.15) is 0 Å². The Morgan fingerprint density at radius 1 is 1.21 bits per heavy atom. The first-order valence-corrected chi connectivity index (χ1v) is 6.77. The molecule has 0 aliphatic carbocycles. The molecule has 0 radical (unpaired) electrons. The molecule has 5 nitrogen and oxygen atoms in total. The highest BCUT2D eigenvalue weighted by molar-refractivity contribution is 7.98. The molecule has 1 aromatic carbocycles. The van der Waals surface area contributed by atoms with Crippen LogP contribution in [0.4, 0.5) is 21.7 Å². The highest BCUT2D eigenvalue weighted by Crippen LogP contribution is 2.23. The molecular formula is C12H14FN5S. The van der Waals surface area contributed by atoms with E-state index in [0.717, 1.165) is 11.3 Å². The molecule has 1 aromatic heterocycles. The molecule has 2 rings (SSSR count). The summed E-state index contributed by atoms with van der Waals surface area (Å²) in [7, 11) is 0. The zero-order chi connectivity index (χ0) is 13.8. The smallest absolute Gasteiger partial charge is 0.191 e. The van der Waals surface area contributed by atoms with Gasteiger partial charge in [-0.3, -0.25) is 0 Å². The molecule has 0 spiro atoms. The largest absolute Gasteiger partial charge is 0.340 e. The number of hydrogen-bond donors (Lipinski definition) is 3. The number of hydrazine groups is 1. The molecule has 0 bridgehead atoms. The fourth-order valence-corrected chi connectivity index (χ4v) is 1.94. The predicted octanol–water partition coefficient (Wildman–Crippen LogP) is 2.68. The molecule has 100 valence electrons. The Hall–Kier alpha value is -1.86. The first-order valence-electron chi connectivity index (χ1n) is 5.55. The summed E-state index contributed by atoms with van der Waals surface area (Å²) in [6.45, 7) is 1.82. The molecule has 0 saturated carbocycles. The lowest BCUT2D eigenvalue weighted by molar-refractivity contribution is 0.627. The fraction of sp³-hybridized carbons (Fsp3) is 0.167. The van der Waals surface area contributed by atoms with Gasteiger partial charge in [0.2, 0.25) is 0 Å². The topological polar surface area (TPSA) is 75.9 Å². The first-order chi connectivity index (χ1) is 9.12. The molecule has 0 fully saturated rings. The van der Waals surface area contributed by atoms with Crippen molar-refractivity contribution < 1.29 is 4.39 Å². The van der Waals surface area contributed by atoms with Gasteiger partial charge in [0, 0.05) is 11.8 Å². The number of thioether (sulfide) groups is 1. The van der Waals surface area contributed by atoms with E-state index >= 15 is 0 Å². The number of nitrogens with one attached hydrogen (secondary N) is 2. The second-order valence-corrected chi connectivity index (χ2v) is 4.63. The average Bonchev–Trinajstić information content (AvgIpc) is 2.41. The van der Waals surface area contributed by atoms with Gasteiger partial charge in [-0.05, 0) is 36.9 Å². The number of nitrogen functional groups attached to an aromatic ring is 1. The normalized spacial score (nSPS) is 10.3. The third-order valence-electron chi connectivity index (χ3n) is 2.49. The molecule has 0 aliphatic rings. The Kier molecular flexibility index (Phi) is 4.18.